The quantitative estimate of drug-likeness (QED) is 0.737. The Morgan fingerprint density at radius 3 is 2.25 bits per heavy atom. The Bertz CT molecular complexity index is 768. The Balaban J connectivity index is 2.02. The van der Waals surface area contributed by atoms with Gasteiger partial charge in [0, 0.05) is 23.0 Å². The molecule has 0 fully saturated rings. The van der Waals surface area contributed by atoms with Crippen molar-refractivity contribution in [1.82, 2.24) is 0 Å². The van der Waals surface area contributed by atoms with Gasteiger partial charge in [-0.05, 0) is 49.4 Å². The van der Waals surface area contributed by atoms with Gasteiger partial charge in [0.25, 0.3) is 0 Å². The Labute approximate surface area is 140 Å². The van der Waals surface area contributed by atoms with Crippen LogP contribution in [-0.4, -0.2) is 19.0 Å². The number of urea groups is 1. The number of nitrogens with one attached hydrogen (secondary N) is 2. The number of primary amides is 1. The van der Waals surface area contributed by atoms with Gasteiger partial charge in [-0.15, -0.1) is 0 Å². The van der Waals surface area contributed by atoms with Gasteiger partial charge in [-0.3, -0.25) is 4.79 Å². The van der Waals surface area contributed by atoms with Crippen LogP contribution in [0.1, 0.15) is 11.1 Å². The minimum Gasteiger partial charge on any atom is -0.496 e. The van der Waals surface area contributed by atoms with Gasteiger partial charge < -0.3 is 21.1 Å². The van der Waals surface area contributed by atoms with Gasteiger partial charge in [0.05, 0.1) is 7.11 Å². The summed E-state index contributed by atoms with van der Waals surface area (Å²) in [6, 6.07) is 11.7. The average Bonchev–Trinajstić information content (AvgIpc) is 2.54. The molecule has 0 saturated heterocycles. The van der Waals surface area contributed by atoms with Crippen molar-refractivity contribution in [2.75, 3.05) is 17.7 Å². The van der Waals surface area contributed by atoms with Gasteiger partial charge in [0.15, 0.2) is 0 Å². The zero-order chi connectivity index (χ0) is 17.5. The Hall–Kier alpha value is -3.28. The molecule has 0 atom stereocenters. The molecule has 124 valence electrons. The molecule has 4 N–H and O–H groups in total. The molecule has 0 aromatic heterocycles. The third-order valence-corrected chi connectivity index (χ3v) is 3.22. The second kappa shape index (κ2) is 7.82. The van der Waals surface area contributed by atoms with Crippen LogP contribution in [0, 0.1) is 6.92 Å². The highest BCUT2D eigenvalue weighted by atomic mass is 16.5. The number of aryl methyl sites for hydroxylation is 1. The first-order valence-electron chi connectivity index (χ1n) is 7.28. The van der Waals surface area contributed by atoms with Crippen LogP contribution in [-0.2, 0) is 4.79 Å². The summed E-state index contributed by atoms with van der Waals surface area (Å²) in [6.45, 7) is 1.97. The van der Waals surface area contributed by atoms with Crippen LogP contribution >= 0.6 is 0 Å². The number of amides is 3. The van der Waals surface area contributed by atoms with E-state index in [0.717, 1.165) is 11.1 Å². The highest BCUT2D eigenvalue weighted by Gasteiger charge is 2.02. The maximum Gasteiger partial charge on any atom is 0.316 e. The fraction of sp³-hybridized carbons (Fsp3) is 0.111. The number of hydrogen-bond acceptors (Lipinski definition) is 3. The molecule has 0 radical (unpaired) electrons. The number of carbonyl (C=O) groups is 2. The third-order valence-electron chi connectivity index (χ3n) is 3.22. The molecule has 0 unspecified atom stereocenters. The average molecular weight is 325 g/mol. The first-order chi connectivity index (χ1) is 11.5. The van der Waals surface area contributed by atoms with Crippen LogP contribution in [0.4, 0.5) is 16.2 Å². The summed E-state index contributed by atoms with van der Waals surface area (Å²) in [4.78, 5) is 22.8. The minimum absolute atomic E-state index is 0.269. The predicted molar refractivity (Wildman–Crippen MR) is 95.0 cm³/mol. The fourth-order valence-corrected chi connectivity index (χ4v) is 2.11. The lowest BCUT2D eigenvalue weighted by Crippen LogP contribution is -2.19. The van der Waals surface area contributed by atoms with Crippen LogP contribution in [0.15, 0.2) is 48.5 Å². The van der Waals surface area contributed by atoms with Crippen molar-refractivity contribution in [3.05, 3.63) is 59.7 Å². The van der Waals surface area contributed by atoms with Crippen molar-refractivity contribution in [1.29, 1.82) is 0 Å². The Morgan fingerprint density at radius 2 is 1.67 bits per heavy atom. The number of carbonyl (C=O) groups excluding carboxylic acids is 2. The van der Waals surface area contributed by atoms with Crippen LogP contribution in [0.2, 0.25) is 0 Å². The molecule has 0 saturated carbocycles. The van der Waals surface area contributed by atoms with E-state index < -0.39 is 6.03 Å². The molecule has 24 heavy (non-hydrogen) atoms. The molecule has 2 aromatic rings. The van der Waals surface area contributed by atoms with Crippen LogP contribution in [0.3, 0.4) is 0 Å². The lowest BCUT2D eigenvalue weighted by atomic mass is 10.1. The van der Waals surface area contributed by atoms with Crippen molar-refractivity contribution in [2.45, 2.75) is 6.92 Å². The first-order valence-corrected chi connectivity index (χ1v) is 7.28. The summed E-state index contributed by atoms with van der Waals surface area (Å²) in [6.07, 6.45) is 3.14. The molecule has 2 rings (SSSR count). The van der Waals surface area contributed by atoms with Gasteiger partial charge in [0.1, 0.15) is 5.75 Å². The number of methoxy groups -OCH3 is 1. The molecular formula is C18H19N3O3. The molecule has 6 nitrogen and oxygen atoms in total. The smallest absolute Gasteiger partial charge is 0.316 e. The second-order valence-corrected chi connectivity index (χ2v) is 5.13. The lowest BCUT2D eigenvalue weighted by molar-refractivity contribution is -0.111. The summed E-state index contributed by atoms with van der Waals surface area (Å²) in [5.41, 5.74) is 8.10. The Morgan fingerprint density at radius 1 is 1.04 bits per heavy atom. The maximum atomic E-state index is 12.0. The Kier molecular flexibility index (Phi) is 5.57. The molecule has 6 heteroatoms. The summed E-state index contributed by atoms with van der Waals surface area (Å²) in [5.74, 6) is 0.431. The van der Waals surface area contributed by atoms with E-state index in [0.29, 0.717) is 17.1 Å². The summed E-state index contributed by atoms with van der Waals surface area (Å²) < 4.78 is 5.27. The van der Waals surface area contributed by atoms with Gasteiger partial charge in [-0.1, -0.05) is 11.6 Å². The number of nitrogens with two attached hydrogens (primary N) is 1. The van der Waals surface area contributed by atoms with E-state index in [1.807, 2.05) is 25.1 Å². The van der Waals surface area contributed by atoms with E-state index >= 15 is 0 Å². The van der Waals surface area contributed by atoms with Crippen molar-refractivity contribution >= 4 is 29.4 Å². The van der Waals surface area contributed by atoms with Crippen molar-refractivity contribution < 1.29 is 14.3 Å². The molecule has 0 heterocycles. The third kappa shape index (κ3) is 4.88. The molecular weight excluding hydrogens is 306 g/mol. The molecule has 2 aromatic carbocycles. The van der Waals surface area contributed by atoms with E-state index in [9.17, 15) is 9.59 Å². The van der Waals surface area contributed by atoms with E-state index in [4.69, 9.17) is 10.5 Å². The van der Waals surface area contributed by atoms with Gasteiger partial charge in [-0.2, -0.15) is 0 Å². The highest BCUT2D eigenvalue weighted by Crippen LogP contribution is 2.21. The topological polar surface area (TPSA) is 93.4 Å². The molecule has 0 aliphatic rings. The summed E-state index contributed by atoms with van der Waals surface area (Å²) >= 11 is 0. The SMILES string of the molecule is COc1ccc(C)cc1/C=C/C(=O)Nc1ccc(NC(N)=O)cc1. The zero-order valence-electron chi connectivity index (χ0n) is 13.5. The molecule has 3 amide bonds. The first kappa shape index (κ1) is 17.1. The van der Waals surface area contributed by atoms with Crippen LogP contribution < -0.4 is 21.1 Å². The zero-order valence-corrected chi connectivity index (χ0v) is 13.5. The molecule has 0 aliphatic carbocycles. The normalized spacial score (nSPS) is 10.4. The monoisotopic (exact) mass is 325 g/mol. The fourth-order valence-electron chi connectivity index (χ4n) is 2.11. The van der Waals surface area contributed by atoms with Gasteiger partial charge in [0.2, 0.25) is 5.91 Å². The minimum atomic E-state index is -0.637. The van der Waals surface area contributed by atoms with E-state index in [-0.39, 0.29) is 5.91 Å². The van der Waals surface area contributed by atoms with Crippen molar-refractivity contribution in [2.24, 2.45) is 5.73 Å². The summed E-state index contributed by atoms with van der Waals surface area (Å²) in [5, 5.41) is 5.18. The number of rotatable bonds is 5. The standard InChI is InChI=1S/C18H19N3O3/c1-12-3-9-16(24-2)13(11-12)4-10-17(22)20-14-5-7-15(8-6-14)21-18(19)23/h3-11H,1-2H3,(H,20,22)(H3,19,21,23)/b10-4+. The second-order valence-electron chi connectivity index (χ2n) is 5.13. The predicted octanol–water partition coefficient (Wildman–Crippen LogP) is 3.15. The van der Waals surface area contributed by atoms with E-state index in [1.165, 1.54) is 6.08 Å². The number of anilines is 2. The van der Waals surface area contributed by atoms with Crippen LogP contribution in [0.5, 0.6) is 5.75 Å². The lowest BCUT2D eigenvalue weighted by Gasteiger charge is -2.06. The molecule has 0 spiro atoms. The number of benzene rings is 2. The van der Waals surface area contributed by atoms with Crippen molar-refractivity contribution in [3.8, 4) is 5.75 Å². The number of ether oxygens (including phenoxy) is 1. The highest BCUT2D eigenvalue weighted by molar-refractivity contribution is 6.02. The van der Waals surface area contributed by atoms with Gasteiger partial charge >= 0.3 is 6.03 Å². The van der Waals surface area contributed by atoms with E-state index in [2.05, 4.69) is 10.6 Å². The largest absolute Gasteiger partial charge is 0.496 e. The number of hydrogen-bond donors (Lipinski definition) is 3. The summed E-state index contributed by atoms with van der Waals surface area (Å²) in [7, 11) is 1.59. The van der Waals surface area contributed by atoms with E-state index in [1.54, 1.807) is 37.5 Å². The molecule has 0 bridgehead atoms. The van der Waals surface area contributed by atoms with Crippen LogP contribution in [0.25, 0.3) is 6.08 Å². The van der Waals surface area contributed by atoms with Gasteiger partial charge in [-0.25, -0.2) is 4.79 Å². The van der Waals surface area contributed by atoms with Crippen molar-refractivity contribution in [3.63, 3.8) is 0 Å². The maximum absolute atomic E-state index is 12.0. The molecule has 0 aliphatic heterocycles.